The predicted octanol–water partition coefficient (Wildman–Crippen LogP) is 3.57. The van der Waals surface area contributed by atoms with Gasteiger partial charge < -0.3 is 19.8 Å². The van der Waals surface area contributed by atoms with Crippen LogP contribution >= 0.6 is 0 Å². The van der Waals surface area contributed by atoms with Crippen molar-refractivity contribution in [2.24, 2.45) is 10.9 Å². The number of furan rings is 1. The number of ether oxygens (including phenoxy) is 1. The molecule has 0 saturated carbocycles. The summed E-state index contributed by atoms with van der Waals surface area (Å²) in [6, 6.07) is 11.9. The van der Waals surface area contributed by atoms with E-state index in [1.807, 2.05) is 37.3 Å². The van der Waals surface area contributed by atoms with Crippen LogP contribution in [0.5, 0.6) is 5.75 Å². The third-order valence-corrected chi connectivity index (χ3v) is 3.26. The second kappa shape index (κ2) is 9.65. The van der Waals surface area contributed by atoms with Gasteiger partial charge in [0.1, 0.15) is 11.5 Å². The number of rotatable bonds is 8. The normalized spacial score (nSPS) is 11.6. The zero-order valence-corrected chi connectivity index (χ0v) is 14.7. The number of nitrogens with one attached hydrogen (secondary N) is 2. The van der Waals surface area contributed by atoms with Crippen LogP contribution in [0.3, 0.4) is 0 Å². The van der Waals surface area contributed by atoms with E-state index in [0.717, 1.165) is 36.2 Å². The predicted molar refractivity (Wildman–Crippen MR) is 97.1 cm³/mol. The van der Waals surface area contributed by atoms with E-state index in [4.69, 9.17) is 9.15 Å². The Morgan fingerprint density at radius 1 is 1.21 bits per heavy atom. The van der Waals surface area contributed by atoms with Crippen molar-refractivity contribution in [2.75, 3.05) is 13.2 Å². The number of guanidine groups is 1. The molecule has 0 spiro atoms. The van der Waals surface area contributed by atoms with Crippen molar-refractivity contribution in [3.63, 3.8) is 0 Å². The maximum atomic E-state index is 5.77. The molecule has 5 nitrogen and oxygen atoms in total. The number of hydrogen-bond acceptors (Lipinski definition) is 3. The quantitative estimate of drug-likeness (QED) is 0.574. The standard InChI is InChI=1S/C19H27N3O2/c1-4-20-19(22-13-18-9-6-10-23-18)21-12-16-7-5-8-17(11-16)24-14-15(2)3/h5-11,15H,4,12-14H2,1-3H3,(H2,20,21,22). The van der Waals surface area contributed by atoms with Crippen LogP contribution in [0.4, 0.5) is 0 Å². The van der Waals surface area contributed by atoms with Crippen molar-refractivity contribution in [1.29, 1.82) is 0 Å². The van der Waals surface area contributed by atoms with Crippen LogP contribution in [0.25, 0.3) is 0 Å². The van der Waals surface area contributed by atoms with Crippen molar-refractivity contribution in [2.45, 2.75) is 33.9 Å². The fourth-order valence-electron chi connectivity index (χ4n) is 2.09. The molecular weight excluding hydrogens is 302 g/mol. The lowest BCUT2D eigenvalue weighted by molar-refractivity contribution is 0.271. The van der Waals surface area contributed by atoms with E-state index in [-0.39, 0.29) is 0 Å². The van der Waals surface area contributed by atoms with Gasteiger partial charge in [-0.25, -0.2) is 4.99 Å². The molecule has 0 saturated heterocycles. The molecule has 0 radical (unpaired) electrons. The Hall–Kier alpha value is -2.43. The van der Waals surface area contributed by atoms with Gasteiger partial charge in [-0.05, 0) is 42.7 Å². The maximum absolute atomic E-state index is 5.77. The Morgan fingerprint density at radius 3 is 2.79 bits per heavy atom. The molecule has 2 rings (SSSR count). The minimum absolute atomic E-state index is 0.512. The molecule has 0 aliphatic rings. The average molecular weight is 329 g/mol. The van der Waals surface area contributed by atoms with E-state index < -0.39 is 0 Å². The van der Waals surface area contributed by atoms with Crippen LogP contribution < -0.4 is 15.4 Å². The smallest absolute Gasteiger partial charge is 0.191 e. The minimum atomic E-state index is 0.512. The summed E-state index contributed by atoms with van der Waals surface area (Å²) < 4.78 is 11.1. The molecule has 1 heterocycles. The summed E-state index contributed by atoms with van der Waals surface area (Å²) in [5.74, 6) is 3.05. The van der Waals surface area contributed by atoms with Gasteiger partial charge in [-0.3, -0.25) is 0 Å². The molecule has 0 fully saturated rings. The summed E-state index contributed by atoms with van der Waals surface area (Å²) in [5.41, 5.74) is 1.12. The second-order valence-corrected chi connectivity index (χ2v) is 5.98. The van der Waals surface area contributed by atoms with Gasteiger partial charge in [-0.15, -0.1) is 0 Å². The minimum Gasteiger partial charge on any atom is -0.493 e. The lowest BCUT2D eigenvalue weighted by Gasteiger charge is -2.11. The number of aliphatic imine (C=N–C) groups is 1. The van der Waals surface area contributed by atoms with Gasteiger partial charge in [0.2, 0.25) is 0 Å². The van der Waals surface area contributed by atoms with Crippen molar-refractivity contribution < 1.29 is 9.15 Å². The van der Waals surface area contributed by atoms with E-state index in [1.54, 1.807) is 6.26 Å². The highest BCUT2D eigenvalue weighted by Crippen LogP contribution is 2.15. The first-order chi connectivity index (χ1) is 11.7. The molecule has 0 aliphatic carbocycles. The molecule has 0 atom stereocenters. The molecule has 5 heteroatoms. The first-order valence-electron chi connectivity index (χ1n) is 8.43. The summed E-state index contributed by atoms with van der Waals surface area (Å²) in [4.78, 5) is 4.62. The van der Waals surface area contributed by atoms with Crippen LogP contribution in [0.15, 0.2) is 52.1 Å². The SMILES string of the molecule is CCNC(=NCc1cccc(OCC(C)C)c1)NCc1ccco1. The van der Waals surface area contributed by atoms with Crippen molar-refractivity contribution in [3.8, 4) is 5.75 Å². The first kappa shape index (κ1) is 17.9. The van der Waals surface area contributed by atoms with Crippen molar-refractivity contribution in [3.05, 3.63) is 54.0 Å². The molecule has 2 aromatic rings. The van der Waals surface area contributed by atoms with Gasteiger partial charge in [0.15, 0.2) is 5.96 Å². The van der Waals surface area contributed by atoms with Crippen LogP contribution in [-0.4, -0.2) is 19.1 Å². The summed E-state index contributed by atoms with van der Waals surface area (Å²) >= 11 is 0. The Labute approximate surface area is 144 Å². The van der Waals surface area contributed by atoms with Crippen LogP contribution in [0.2, 0.25) is 0 Å². The zero-order valence-electron chi connectivity index (χ0n) is 14.7. The molecule has 0 bridgehead atoms. The summed E-state index contributed by atoms with van der Waals surface area (Å²) in [6.07, 6.45) is 1.67. The summed E-state index contributed by atoms with van der Waals surface area (Å²) in [5, 5.41) is 6.50. The Kier molecular flexibility index (Phi) is 7.21. The van der Waals surface area contributed by atoms with Crippen LogP contribution in [-0.2, 0) is 13.1 Å². The zero-order chi connectivity index (χ0) is 17.2. The van der Waals surface area contributed by atoms with Gasteiger partial charge in [0.25, 0.3) is 0 Å². The second-order valence-electron chi connectivity index (χ2n) is 5.98. The van der Waals surface area contributed by atoms with Gasteiger partial charge in [-0.2, -0.15) is 0 Å². The topological polar surface area (TPSA) is 58.8 Å². The molecule has 0 unspecified atom stereocenters. The van der Waals surface area contributed by atoms with Crippen LogP contribution in [0.1, 0.15) is 32.1 Å². The molecule has 0 aliphatic heterocycles. The molecule has 1 aromatic carbocycles. The van der Waals surface area contributed by atoms with E-state index in [9.17, 15) is 0 Å². The molecule has 130 valence electrons. The van der Waals surface area contributed by atoms with Gasteiger partial charge in [0.05, 0.1) is 26.0 Å². The van der Waals surface area contributed by atoms with E-state index in [1.165, 1.54) is 0 Å². The third-order valence-electron chi connectivity index (χ3n) is 3.26. The molecule has 0 amide bonds. The van der Waals surface area contributed by atoms with Crippen molar-refractivity contribution in [1.82, 2.24) is 10.6 Å². The van der Waals surface area contributed by atoms with Gasteiger partial charge in [-0.1, -0.05) is 26.0 Å². The lowest BCUT2D eigenvalue weighted by atomic mass is 10.2. The van der Waals surface area contributed by atoms with E-state index in [0.29, 0.717) is 19.0 Å². The fourth-order valence-corrected chi connectivity index (χ4v) is 2.09. The number of benzene rings is 1. The number of nitrogens with zero attached hydrogens (tertiary/aromatic N) is 1. The monoisotopic (exact) mass is 329 g/mol. The lowest BCUT2D eigenvalue weighted by Crippen LogP contribution is -2.36. The van der Waals surface area contributed by atoms with Crippen molar-refractivity contribution >= 4 is 5.96 Å². The van der Waals surface area contributed by atoms with E-state index >= 15 is 0 Å². The highest BCUT2D eigenvalue weighted by atomic mass is 16.5. The molecule has 1 aromatic heterocycles. The average Bonchev–Trinajstić information content (AvgIpc) is 3.09. The first-order valence-corrected chi connectivity index (χ1v) is 8.43. The highest BCUT2D eigenvalue weighted by molar-refractivity contribution is 5.79. The third kappa shape index (κ3) is 6.36. The van der Waals surface area contributed by atoms with Gasteiger partial charge >= 0.3 is 0 Å². The van der Waals surface area contributed by atoms with Crippen LogP contribution in [0, 0.1) is 5.92 Å². The molecular formula is C19H27N3O2. The van der Waals surface area contributed by atoms with E-state index in [2.05, 4.69) is 35.5 Å². The Morgan fingerprint density at radius 2 is 2.08 bits per heavy atom. The number of hydrogen-bond donors (Lipinski definition) is 2. The fraction of sp³-hybridized carbons (Fsp3) is 0.421. The Bertz CT molecular complexity index is 621. The molecule has 2 N–H and O–H groups in total. The largest absolute Gasteiger partial charge is 0.493 e. The Balaban J connectivity index is 1.93. The summed E-state index contributed by atoms with van der Waals surface area (Å²) in [7, 11) is 0. The maximum Gasteiger partial charge on any atom is 0.191 e. The van der Waals surface area contributed by atoms with Gasteiger partial charge in [0, 0.05) is 6.54 Å². The summed E-state index contributed by atoms with van der Waals surface area (Å²) in [6.45, 7) is 9.05. The molecule has 24 heavy (non-hydrogen) atoms. The highest BCUT2D eigenvalue weighted by Gasteiger charge is 2.02.